The number of aromatic nitrogens is 4. The van der Waals surface area contributed by atoms with Crippen molar-refractivity contribution >= 4 is 39.5 Å². The normalized spacial score (nSPS) is 11.2. The predicted octanol–water partition coefficient (Wildman–Crippen LogP) is 6.87. The number of benzene rings is 3. The lowest BCUT2D eigenvalue weighted by Crippen LogP contribution is -2.18. The molecule has 0 atom stereocenters. The predicted molar refractivity (Wildman–Crippen MR) is 165 cm³/mol. The number of carbonyl (C=O) groups excluding carboxylic acids is 1. The van der Waals surface area contributed by atoms with Crippen LogP contribution in [0.5, 0.6) is 17.2 Å². The fourth-order valence-electron chi connectivity index (χ4n) is 4.76. The number of nitrogens with one attached hydrogen (secondary N) is 2. The summed E-state index contributed by atoms with van der Waals surface area (Å²) in [5.74, 6) is 2.29. The number of aryl methyl sites for hydroxylation is 1. The molecule has 0 aliphatic heterocycles. The largest absolute Gasteiger partial charge is 0.490 e. The summed E-state index contributed by atoms with van der Waals surface area (Å²) in [5.41, 5.74) is 5.69. The van der Waals surface area contributed by atoms with Gasteiger partial charge in [-0.25, -0.2) is 4.98 Å². The molecule has 210 valence electrons. The molecule has 0 unspecified atom stereocenters. The van der Waals surface area contributed by atoms with E-state index in [-0.39, 0.29) is 17.7 Å². The van der Waals surface area contributed by atoms with E-state index in [0.717, 1.165) is 44.5 Å². The highest BCUT2D eigenvalue weighted by Gasteiger charge is 2.14. The Kier molecular flexibility index (Phi) is 7.14. The van der Waals surface area contributed by atoms with Crippen molar-refractivity contribution in [2.45, 2.75) is 20.0 Å². The summed E-state index contributed by atoms with van der Waals surface area (Å²) < 4.78 is 14.2. The number of fused-ring (bicyclic) bond motifs is 2. The number of carbonyl (C=O) groups is 1. The van der Waals surface area contributed by atoms with E-state index >= 15 is 0 Å². The minimum atomic E-state index is -0.278. The lowest BCUT2D eigenvalue weighted by Gasteiger charge is -2.16. The van der Waals surface area contributed by atoms with Crippen LogP contribution in [-0.4, -0.2) is 38.6 Å². The number of pyridine rings is 2. The third-order valence-corrected chi connectivity index (χ3v) is 6.78. The lowest BCUT2D eigenvalue weighted by molar-refractivity contribution is 0.0958. The van der Waals surface area contributed by atoms with Gasteiger partial charge in [-0.1, -0.05) is 18.2 Å². The molecule has 6 rings (SSSR count). The monoisotopic (exact) mass is 558 g/mol. The minimum absolute atomic E-state index is 0.0229. The molecule has 9 heteroatoms. The number of anilines is 2. The summed E-state index contributed by atoms with van der Waals surface area (Å²) in [6, 6.07) is 25.2. The van der Waals surface area contributed by atoms with E-state index in [0.29, 0.717) is 17.4 Å². The van der Waals surface area contributed by atoms with Crippen molar-refractivity contribution in [2.75, 3.05) is 12.4 Å². The summed E-state index contributed by atoms with van der Waals surface area (Å²) >= 11 is 0. The van der Waals surface area contributed by atoms with Crippen molar-refractivity contribution < 1.29 is 14.3 Å². The van der Waals surface area contributed by atoms with Gasteiger partial charge < -0.3 is 24.7 Å². The molecule has 0 spiro atoms. The smallest absolute Gasteiger partial charge is 0.269 e. The molecular weight excluding hydrogens is 528 g/mol. The highest BCUT2D eigenvalue weighted by Crippen LogP contribution is 2.36. The van der Waals surface area contributed by atoms with Crippen LogP contribution >= 0.6 is 0 Å². The number of nitrogens with zero attached hydrogens (tertiary/aromatic N) is 4. The second-order valence-corrected chi connectivity index (χ2v) is 10.1. The van der Waals surface area contributed by atoms with Gasteiger partial charge in [0.05, 0.1) is 22.7 Å². The minimum Gasteiger partial charge on any atom is -0.490 e. The van der Waals surface area contributed by atoms with Crippen LogP contribution in [0.15, 0.2) is 91.3 Å². The number of imidazole rings is 1. The molecule has 0 fully saturated rings. The molecule has 0 saturated heterocycles. The third-order valence-electron chi connectivity index (χ3n) is 6.78. The van der Waals surface area contributed by atoms with E-state index in [1.165, 1.54) is 0 Å². The molecule has 1 amide bonds. The maximum Gasteiger partial charge on any atom is 0.269 e. The Balaban J connectivity index is 1.30. The van der Waals surface area contributed by atoms with Crippen LogP contribution in [0.25, 0.3) is 33.1 Å². The SMILES string of the molecule is CNC(=O)c1cc(Oc2ccc3c(c2)nc(Nc2ccc(OC(C)C)c(-c4cnc5ccccc5c4)c2)n3C)ccn1. The number of rotatable bonds is 8. The molecule has 3 aromatic heterocycles. The first-order valence-electron chi connectivity index (χ1n) is 13.6. The van der Waals surface area contributed by atoms with Gasteiger partial charge in [0.2, 0.25) is 5.95 Å². The van der Waals surface area contributed by atoms with Crippen molar-refractivity contribution in [3.63, 3.8) is 0 Å². The molecule has 0 bridgehead atoms. The van der Waals surface area contributed by atoms with E-state index in [9.17, 15) is 4.79 Å². The Hall–Kier alpha value is -5.44. The van der Waals surface area contributed by atoms with Crippen LogP contribution in [0.3, 0.4) is 0 Å². The summed E-state index contributed by atoms with van der Waals surface area (Å²) in [5, 5.41) is 7.10. The maximum atomic E-state index is 11.9. The summed E-state index contributed by atoms with van der Waals surface area (Å²) in [7, 11) is 3.52. The van der Waals surface area contributed by atoms with Crippen molar-refractivity contribution in [1.82, 2.24) is 24.8 Å². The van der Waals surface area contributed by atoms with Crippen molar-refractivity contribution in [3.8, 4) is 28.4 Å². The molecule has 6 aromatic rings. The van der Waals surface area contributed by atoms with E-state index in [1.54, 1.807) is 25.4 Å². The van der Waals surface area contributed by atoms with Gasteiger partial charge in [0.1, 0.15) is 22.9 Å². The number of para-hydroxylation sites is 1. The fourth-order valence-corrected chi connectivity index (χ4v) is 4.76. The first-order valence-corrected chi connectivity index (χ1v) is 13.6. The second-order valence-electron chi connectivity index (χ2n) is 10.1. The number of hydrogen-bond donors (Lipinski definition) is 2. The molecule has 3 heterocycles. The Morgan fingerprint density at radius 2 is 1.74 bits per heavy atom. The molecule has 42 heavy (non-hydrogen) atoms. The molecule has 0 saturated carbocycles. The summed E-state index contributed by atoms with van der Waals surface area (Å²) in [4.78, 5) is 25.5. The molecular formula is C33H30N6O3. The molecule has 0 radical (unpaired) electrons. The first-order chi connectivity index (χ1) is 20.4. The number of ether oxygens (including phenoxy) is 2. The molecule has 3 aromatic carbocycles. The topological polar surface area (TPSA) is 103 Å². The van der Waals surface area contributed by atoms with Crippen LogP contribution in [0, 0.1) is 0 Å². The maximum absolute atomic E-state index is 11.9. The Bertz CT molecular complexity index is 1930. The Morgan fingerprint density at radius 1 is 0.905 bits per heavy atom. The van der Waals surface area contributed by atoms with Gasteiger partial charge in [0, 0.05) is 60.8 Å². The lowest BCUT2D eigenvalue weighted by atomic mass is 10.0. The second kappa shape index (κ2) is 11.2. The zero-order valence-electron chi connectivity index (χ0n) is 23.8. The van der Waals surface area contributed by atoms with E-state index in [2.05, 4.69) is 38.8 Å². The van der Waals surface area contributed by atoms with Crippen LogP contribution in [-0.2, 0) is 7.05 Å². The zero-order chi connectivity index (χ0) is 29.2. The molecule has 9 nitrogen and oxygen atoms in total. The van der Waals surface area contributed by atoms with Gasteiger partial charge in [-0.15, -0.1) is 0 Å². The average Bonchev–Trinajstić information content (AvgIpc) is 3.30. The van der Waals surface area contributed by atoms with E-state index in [4.69, 9.17) is 14.5 Å². The molecule has 0 aliphatic carbocycles. The van der Waals surface area contributed by atoms with Crippen LogP contribution < -0.4 is 20.1 Å². The van der Waals surface area contributed by atoms with Crippen LogP contribution in [0.2, 0.25) is 0 Å². The van der Waals surface area contributed by atoms with Crippen molar-refractivity contribution in [1.29, 1.82) is 0 Å². The summed E-state index contributed by atoms with van der Waals surface area (Å²) in [6.45, 7) is 4.03. The van der Waals surface area contributed by atoms with Gasteiger partial charge in [0.15, 0.2) is 0 Å². The van der Waals surface area contributed by atoms with Gasteiger partial charge in [-0.3, -0.25) is 14.8 Å². The fraction of sp³-hybridized carbons (Fsp3) is 0.152. The number of amides is 1. The Labute approximate surface area is 243 Å². The van der Waals surface area contributed by atoms with Crippen molar-refractivity contribution in [2.24, 2.45) is 7.05 Å². The van der Waals surface area contributed by atoms with Crippen LogP contribution in [0.1, 0.15) is 24.3 Å². The standard InChI is InChI=1S/C33H30N6O3/c1-20(2)41-31-12-9-23(16-26(31)22-15-21-7-5-6-8-27(21)36-19-22)37-33-38-28-17-24(10-11-30(28)39(33)4)42-25-13-14-35-29(18-25)32(40)34-3/h5-20H,1-4H3,(H,34,40)(H,37,38). The van der Waals surface area contributed by atoms with Gasteiger partial charge in [0.25, 0.3) is 5.91 Å². The third kappa shape index (κ3) is 5.44. The summed E-state index contributed by atoms with van der Waals surface area (Å²) in [6.07, 6.45) is 3.45. The van der Waals surface area contributed by atoms with Gasteiger partial charge >= 0.3 is 0 Å². The van der Waals surface area contributed by atoms with Crippen LogP contribution in [0.4, 0.5) is 11.6 Å². The first kappa shape index (κ1) is 26.8. The highest BCUT2D eigenvalue weighted by molar-refractivity contribution is 5.92. The zero-order valence-corrected chi connectivity index (χ0v) is 23.8. The van der Waals surface area contributed by atoms with Crippen molar-refractivity contribution in [3.05, 3.63) is 97.0 Å². The average molecular weight is 559 g/mol. The number of hydrogen-bond acceptors (Lipinski definition) is 7. The van der Waals surface area contributed by atoms with Gasteiger partial charge in [-0.2, -0.15) is 0 Å². The van der Waals surface area contributed by atoms with E-state index < -0.39 is 0 Å². The quantitative estimate of drug-likeness (QED) is 0.210. The Morgan fingerprint density at radius 3 is 2.57 bits per heavy atom. The molecule has 2 N–H and O–H groups in total. The molecule has 0 aliphatic rings. The van der Waals surface area contributed by atoms with E-state index in [1.807, 2.05) is 80.2 Å². The van der Waals surface area contributed by atoms with Gasteiger partial charge in [-0.05, 0) is 62.4 Å². The highest BCUT2D eigenvalue weighted by atomic mass is 16.5.